The van der Waals surface area contributed by atoms with Crippen LogP contribution in [-0.4, -0.2) is 17.7 Å². The SMILES string of the molecule is CC(=O)Nc1cc(NC(C)=O)c(C(C)(C)C)c(C(N)=O)c1. The Hall–Kier alpha value is -2.37. The highest BCUT2D eigenvalue weighted by Gasteiger charge is 2.26. The van der Waals surface area contributed by atoms with Crippen LogP contribution in [0.25, 0.3) is 0 Å². The van der Waals surface area contributed by atoms with Gasteiger partial charge >= 0.3 is 0 Å². The highest BCUT2D eigenvalue weighted by Crippen LogP contribution is 2.35. The van der Waals surface area contributed by atoms with E-state index in [-0.39, 0.29) is 17.4 Å². The summed E-state index contributed by atoms with van der Waals surface area (Å²) in [5, 5.41) is 5.29. The van der Waals surface area contributed by atoms with Gasteiger partial charge < -0.3 is 16.4 Å². The molecule has 21 heavy (non-hydrogen) atoms. The monoisotopic (exact) mass is 291 g/mol. The number of benzene rings is 1. The van der Waals surface area contributed by atoms with Crippen molar-refractivity contribution in [3.63, 3.8) is 0 Å². The molecule has 0 unspecified atom stereocenters. The molecule has 3 amide bonds. The molecule has 1 aromatic carbocycles. The van der Waals surface area contributed by atoms with Gasteiger partial charge in [0.15, 0.2) is 0 Å². The van der Waals surface area contributed by atoms with Crippen molar-refractivity contribution in [1.29, 1.82) is 0 Å². The first-order chi connectivity index (χ1) is 9.52. The van der Waals surface area contributed by atoms with E-state index in [1.54, 1.807) is 6.07 Å². The second-order valence-electron chi connectivity index (χ2n) is 5.92. The fourth-order valence-corrected chi connectivity index (χ4v) is 2.21. The molecule has 114 valence electrons. The number of hydrogen-bond donors (Lipinski definition) is 3. The smallest absolute Gasteiger partial charge is 0.249 e. The number of hydrogen-bond acceptors (Lipinski definition) is 3. The van der Waals surface area contributed by atoms with Crippen molar-refractivity contribution in [2.45, 2.75) is 40.0 Å². The summed E-state index contributed by atoms with van der Waals surface area (Å²) in [4.78, 5) is 34.3. The van der Waals surface area contributed by atoms with Crippen LogP contribution in [0.3, 0.4) is 0 Å². The number of anilines is 2. The molecule has 0 aliphatic heterocycles. The molecule has 0 aliphatic carbocycles. The lowest BCUT2D eigenvalue weighted by Gasteiger charge is -2.26. The first-order valence-corrected chi connectivity index (χ1v) is 6.56. The molecule has 0 radical (unpaired) electrons. The third kappa shape index (κ3) is 4.30. The van der Waals surface area contributed by atoms with Gasteiger partial charge in [-0.25, -0.2) is 0 Å². The lowest BCUT2D eigenvalue weighted by atomic mass is 9.81. The summed E-state index contributed by atoms with van der Waals surface area (Å²) in [5.74, 6) is -1.16. The number of nitrogens with one attached hydrogen (secondary N) is 2. The van der Waals surface area contributed by atoms with Crippen LogP contribution in [0, 0.1) is 0 Å². The number of carbonyl (C=O) groups excluding carboxylic acids is 3. The Labute approximate surface area is 124 Å². The number of nitrogens with two attached hydrogens (primary N) is 1. The maximum Gasteiger partial charge on any atom is 0.249 e. The van der Waals surface area contributed by atoms with Gasteiger partial charge in [0.2, 0.25) is 17.7 Å². The van der Waals surface area contributed by atoms with Crippen LogP contribution in [-0.2, 0) is 15.0 Å². The standard InChI is InChI=1S/C15H21N3O3/c1-8(19)17-10-6-11(14(16)21)13(15(3,4)5)12(7-10)18-9(2)20/h6-7H,1-5H3,(H2,16,21)(H,17,19)(H,18,20). The average molecular weight is 291 g/mol. The molecular formula is C15H21N3O3. The van der Waals surface area contributed by atoms with Crippen molar-refractivity contribution in [3.05, 3.63) is 23.3 Å². The lowest BCUT2D eigenvalue weighted by Crippen LogP contribution is -2.24. The minimum atomic E-state index is -0.612. The van der Waals surface area contributed by atoms with Gasteiger partial charge in [0.25, 0.3) is 0 Å². The Balaban J connectivity index is 3.61. The molecule has 0 saturated carbocycles. The number of carbonyl (C=O) groups is 3. The maximum absolute atomic E-state index is 11.7. The van der Waals surface area contributed by atoms with E-state index < -0.39 is 11.3 Å². The van der Waals surface area contributed by atoms with Crippen molar-refractivity contribution in [1.82, 2.24) is 0 Å². The summed E-state index contributed by atoms with van der Waals surface area (Å²) in [6.07, 6.45) is 0. The summed E-state index contributed by atoms with van der Waals surface area (Å²) < 4.78 is 0. The Morgan fingerprint density at radius 1 is 1.00 bits per heavy atom. The minimum Gasteiger partial charge on any atom is -0.366 e. The number of amides is 3. The topological polar surface area (TPSA) is 101 Å². The largest absolute Gasteiger partial charge is 0.366 e. The molecule has 1 aromatic rings. The van der Waals surface area contributed by atoms with Crippen LogP contribution in [0.1, 0.15) is 50.5 Å². The number of primary amides is 1. The number of rotatable bonds is 3. The van der Waals surface area contributed by atoms with Gasteiger partial charge in [-0.2, -0.15) is 0 Å². The van der Waals surface area contributed by atoms with Gasteiger partial charge in [0.05, 0.1) is 0 Å². The van der Waals surface area contributed by atoms with Gasteiger partial charge in [-0.05, 0) is 23.1 Å². The highest BCUT2D eigenvalue weighted by atomic mass is 16.2. The zero-order valence-electron chi connectivity index (χ0n) is 13.0. The van der Waals surface area contributed by atoms with Crippen molar-refractivity contribution in [2.24, 2.45) is 5.73 Å². The van der Waals surface area contributed by atoms with Crippen molar-refractivity contribution in [3.8, 4) is 0 Å². The van der Waals surface area contributed by atoms with Gasteiger partial charge in [-0.15, -0.1) is 0 Å². The van der Waals surface area contributed by atoms with Crippen LogP contribution in [0.15, 0.2) is 12.1 Å². The van der Waals surface area contributed by atoms with E-state index in [4.69, 9.17) is 5.73 Å². The molecule has 6 heteroatoms. The molecule has 1 rings (SSSR count). The fourth-order valence-electron chi connectivity index (χ4n) is 2.21. The summed E-state index contributed by atoms with van der Waals surface area (Å²) in [5.41, 5.74) is 6.83. The second kappa shape index (κ2) is 5.95. The van der Waals surface area contributed by atoms with E-state index in [0.29, 0.717) is 16.9 Å². The molecule has 0 fully saturated rings. The van der Waals surface area contributed by atoms with E-state index in [0.717, 1.165) is 0 Å². The van der Waals surface area contributed by atoms with E-state index in [1.807, 2.05) is 20.8 Å². The molecule has 0 bridgehead atoms. The van der Waals surface area contributed by atoms with Gasteiger partial charge in [0, 0.05) is 30.8 Å². The zero-order valence-corrected chi connectivity index (χ0v) is 13.0. The molecule has 0 spiro atoms. The van der Waals surface area contributed by atoms with Gasteiger partial charge in [0.1, 0.15) is 0 Å². The molecule has 0 atom stereocenters. The van der Waals surface area contributed by atoms with Crippen LogP contribution < -0.4 is 16.4 Å². The Bertz CT molecular complexity index is 601. The normalized spacial score (nSPS) is 10.9. The van der Waals surface area contributed by atoms with Gasteiger partial charge in [-0.3, -0.25) is 14.4 Å². The maximum atomic E-state index is 11.7. The quantitative estimate of drug-likeness (QED) is 0.793. The Morgan fingerprint density at radius 2 is 1.52 bits per heavy atom. The average Bonchev–Trinajstić information content (AvgIpc) is 2.24. The third-order valence-electron chi connectivity index (χ3n) is 2.78. The van der Waals surface area contributed by atoms with Crippen molar-refractivity contribution in [2.75, 3.05) is 10.6 Å². The van der Waals surface area contributed by atoms with Crippen molar-refractivity contribution < 1.29 is 14.4 Å². The summed E-state index contributed by atoms with van der Waals surface area (Å²) in [6, 6.07) is 3.14. The molecular weight excluding hydrogens is 270 g/mol. The summed E-state index contributed by atoms with van der Waals surface area (Å²) in [7, 11) is 0. The zero-order chi connectivity index (χ0) is 16.4. The Morgan fingerprint density at radius 3 is 1.90 bits per heavy atom. The predicted octanol–water partition coefficient (Wildman–Crippen LogP) is 2.00. The third-order valence-corrected chi connectivity index (χ3v) is 2.78. The van der Waals surface area contributed by atoms with Crippen LogP contribution in [0.5, 0.6) is 0 Å². The fraction of sp³-hybridized carbons (Fsp3) is 0.400. The van der Waals surface area contributed by atoms with E-state index in [2.05, 4.69) is 10.6 Å². The lowest BCUT2D eigenvalue weighted by molar-refractivity contribution is -0.115. The van der Waals surface area contributed by atoms with Crippen LogP contribution in [0.4, 0.5) is 11.4 Å². The van der Waals surface area contributed by atoms with E-state index in [1.165, 1.54) is 19.9 Å². The Kier molecular flexibility index (Phi) is 4.73. The summed E-state index contributed by atoms with van der Waals surface area (Å²) in [6.45, 7) is 8.48. The molecule has 6 nitrogen and oxygen atoms in total. The van der Waals surface area contributed by atoms with Crippen molar-refractivity contribution >= 4 is 29.1 Å². The van der Waals surface area contributed by atoms with Gasteiger partial charge in [-0.1, -0.05) is 20.8 Å². The summed E-state index contributed by atoms with van der Waals surface area (Å²) >= 11 is 0. The molecule has 0 aliphatic rings. The molecule has 4 N–H and O–H groups in total. The minimum absolute atomic E-state index is 0.268. The molecule has 0 heterocycles. The first kappa shape index (κ1) is 16.7. The van der Waals surface area contributed by atoms with E-state index in [9.17, 15) is 14.4 Å². The predicted molar refractivity (Wildman–Crippen MR) is 82.3 cm³/mol. The molecule has 0 aromatic heterocycles. The van der Waals surface area contributed by atoms with Crippen LogP contribution in [0.2, 0.25) is 0 Å². The highest BCUT2D eigenvalue weighted by molar-refractivity contribution is 6.01. The second-order valence-corrected chi connectivity index (χ2v) is 5.92. The van der Waals surface area contributed by atoms with E-state index >= 15 is 0 Å². The van der Waals surface area contributed by atoms with Crippen LogP contribution >= 0.6 is 0 Å². The first-order valence-electron chi connectivity index (χ1n) is 6.56. The molecule has 0 saturated heterocycles.